The number of likely N-dealkylation sites (tertiary alicyclic amines) is 1. The molecule has 0 unspecified atom stereocenters. The van der Waals surface area contributed by atoms with Gasteiger partial charge in [0.2, 0.25) is 0 Å². The predicted molar refractivity (Wildman–Crippen MR) is 61.9 cm³/mol. The second kappa shape index (κ2) is 7.39. The fraction of sp³-hybridized carbons (Fsp3) is 0.833. The first-order chi connectivity index (χ1) is 12.7. The Morgan fingerprint density at radius 3 is 1.34 bits per heavy atom. The Bertz CT molecular complexity index is 610. The van der Waals surface area contributed by atoms with Crippen molar-refractivity contribution in [2.24, 2.45) is 0 Å². The fourth-order valence-electron chi connectivity index (χ4n) is 2.45. The zero-order valence-corrected chi connectivity index (χ0v) is 13.4. The molecule has 1 aliphatic rings. The lowest BCUT2D eigenvalue weighted by atomic mass is 9.90. The molecule has 172 valence electrons. The van der Waals surface area contributed by atoms with Gasteiger partial charge in [-0.3, -0.25) is 4.74 Å². The third-order valence-corrected chi connectivity index (χ3v) is 3.82. The van der Waals surface area contributed by atoms with E-state index in [0.717, 1.165) is 0 Å². The Morgan fingerprint density at radius 1 is 0.655 bits per heavy atom. The molecule has 1 rings (SSSR count). The minimum atomic E-state index is -7.80. The topological polar surface area (TPSA) is 12.5 Å². The van der Waals surface area contributed by atoms with Crippen molar-refractivity contribution in [1.82, 2.24) is 4.90 Å². The van der Waals surface area contributed by atoms with Crippen LogP contribution >= 0.6 is 0 Å². The van der Waals surface area contributed by atoms with Crippen LogP contribution in [0.3, 0.4) is 0 Å². The van der Waals surface area contributed by atoms with Gasteiger partial charge in [0, 0.05) is 13.1 Å². The van der Waals surface area contributed by atoms with Crippen molar-refractivity contribution in [3.8, 4) is 0 Å². The van der Waals surface area contributed by atoms with E-state index in [1.165, 1.54) is 0 Å². The minimum absolute atomic E-state index is 0.377. The maximum absolute atomic E-state index is 14.1. The van der Waals surface area contributed by atoms with E-state index in [2.05, 4.69) is 0 Å². The molecule has 0 aromatic heterocycles. The summed E-state index contributed by atoms with van der Waals surface area (Å²) in [4.78, 5) is -0.858. The molecule has 0 aromatic rings. The SMILES string of the molecule is FC(F)=C(F)C(F)(F)OC(C(F)(F)F)(C(F)(F)F)C(F)(F)C(F)(F)N1CCCC1. The van der Waals surface area contributed by atoms with Crippen molar-refractivity contribution >= 4 is 0 Å². The Morgan fingerprint density at radius 2 is 1.03 bits per heavy atom. The van der Waals surface area contributed by atoms with Crippen LogP contribution in [0.5, 0.6) is 0 Å². The highest BCUT2D eigenvalue weighted by molar-refractivity contribution is 5.14. The van der Waals surface area contributed by atoms with E-state index in [-0.39, 0.29) is 12.8 Å². The van der Waals surface area contributed by atoms with E-state index in [9.17, 15) is 65.9 Å². The summed E-state index contributed by atoms with van der Waals surface area (Å²) in [6.45, 7) is -2.31. The quantitative estimate of drug-likeness (QED) is 0.359. The van der Waals surface area contributed by atoms with Crippen LogP contribution in [0.25, 0.3) is 0 Å². The second-order valence-electron chi connectivity index (χ2n) is 5.68. The van der Waals surface area contributed by atoms with Gasteiger partial charge in [-0.2, -0.15) is 65.9 Å². The lowest BCUT2D eigenvalue weighted by Crippen LogP contribution is -2.77. The Balaban J connectivity index is 3.83. The maximum Gasteiger partial charge on any atom is 0.433 e. The molecule has 1 fully saturated rings. The number of alkyl halides is 12. The first-order valence-corrected chi connectivity index (χ1v) is 7.10. The third kappa shape index (κ3) is 3.98. The van der Waals surface area contributed by atoms with Gasteiger partial charge in [-0.05, 0) is 12.8 Å². The molecule has 29 heavy (non-hydrogen) atoms. The van der Waals surface area contributed by atoms with Crippen molar-refractivity contribution < 1.29 is 70.6 Å². The van der Waals surface area contributed by atoms with Gasteiger partial charge in [-0.15, -0.1) is 0 Å². The van der Waals surface area contributed by atoms with Gasteiger partial charge in [0.25, 0.3) is 5.83 Å². The molecule has 0 amide bonds. The molecule has 0 aromatic carbocycles. The van der Waals surface area contributed by atoms with E-state index in [4.69, 9.17) is 0 Å². The fourth-order valence-corrected chi connectivity index (χ4v) is 2.45. The zero-order chi connectivity index (χ0) is 23.3. The predicted octanol–water partition coefficient (Wildman–Crippen LogP) is 5.86. The smallest absolute Gasteiger partial charge is 0.283 e. The Hall–Kier alpha value is -1.39. The summed E-state index contributed by atoms with van der Waals surface area (Å²) in [5, 5.41) is 0. The van der Waals surface area contributed by atoms with Gasteiger partial charge in [0.15, 0.2) is 0 Å². The molecule has 0 bridgehead atoms. The number of hydrogen-bond acceptors (Lipinski definition) is 2. The minimum Gasteiger partial charge on any atom is -0.283 e. The molecule has 0 spiro atoms. The van der Waals surface area contributed by atoms with E-state index < -0.39 is 65.9 Å². The van der Waals surface area contributed by atoms with Crippen LogP contribution in [-0.2, 0) is 4.74 Å². The molecule has 1 aliphatic heterocycles. The lowest BCUT2D eigenvalue weighted by Gasteiger charge is -2.46. The van der Waals surface area contributed by atoms with Gasteiger partial charge in [-0.25, -0.2) is 4.90 Å². The summed E-state index contributed by atoms with van der Waals surface area (Å²) in [7, 11) is 0. The molecule has 0 aliphatic carbocycles. The van der Waals surface area contributed by atoms with Crippen LogP contribution < -0.4 is 0 Å². The summed E-state index contributed by atoms with van der Waals surface area (Å²) >= 11 is 0. The highest BCUT2D eigenvalue weighted by Gasteiger charge is 2.92. The van der Waals surface area contributed by atoms with Crippen molar-refractivity contribution in [2.45, 2.75) is 48.9 Å². The lowest BCUT2D eigenvalue weighted by molar-refractivity contribution is -0.504. The molecular weight excluding hydrogens is 459 g/mol. The van der Waals surface area contributed by atoms with Crippen LogP contribution in [0.4, 0.5) is 65.9 Å². The number of halogens is 15. The van der Waals surface area contributed by atoms with Gasteiger partial charge in [0.05, 0.1) is 0 Å². The second-order valence-corrected chi connectivity index (χ2v) is 5.68. The normalized spacial score (nSPS) is 18.3. The number of hydrogen-bond donors (Lipinski definition) is 0. The molecule has 2 nitrogen and oxygen atoms in total. The van der Waals surface area contributed by atoms with Gasteiger partial charge >= 0.3 is 42.1 Å². The van der Waals surface area contributed by atoms with Crippen LogP contribution in [0.1, 0.15) is 12.8 Å². The molecular formula is C12H8F15NO. The van der Waals surface area contributed by atoms with Crippen LogP contribution in [-0.4, -0.2) is 54.0 Å². The average Bonchev–Trinajstić information content (AvgIpc) is 3.03. The summed E-state index contributed by atoms with van der Waals surface area (Å²) in [5.41, 5.74) is -7.77. The molecule has 0 N–H and O–H groups in total. The summed E-state index contributed by atoms with van der Waals surface area (Å²) in [5.74, 6) is -12.0. The first kappa shape index (κ1) is 25.6. The first-order valence-electron chi connectivity index (χ1n) is 7.10. The van der Waals surface area contributed by atoms with Crippen molar-refractivity contribution in [1.29, 1.82) is 0 Å². The monoisotopic (exact) mass is 467 g/mol. The molecule has 1 heterocycles. The highest BCUT2D eigenvalue weighted by Crippen LogP contribution is 2.61. The summed E-state index contributed by atoms with van der Waals surface area (Å²) in [6.07, 6.45) is -27.6. The number of rotatable bonds is 6. The van der Waals surface area contributed by atoms with Crippen LogP contribution in [0, 0.1) is 0 Å². The molecule has 0 saturated carbocycles. The summed E-state index contributed by atoms with van der Waals surface area (Å²) < 4.78 is 199. The highest BCUT2D eigenvalue weighted by atomic mass is 19.4. The Labute approximate surface area is 150 Å². The van der Waals surface area contributed by atoms with Gasteiger partial charge in [0.1, 0.15) is 0 Å². The third-order valence-electron chi connectivity index (χ3n) is 3.82. The van der Waals surface area contributed by atoms with Gasteiger partial charge in [-0.1, -0.05) is 0 Å². The standard InChI is InChI=1S/C12H8F15NO/c13-5(6(14)15)7(16,17)29-8(10(20,21)22,11(23,24)25)9(18,19)12(26,27)28-3-1-2-4-28/h1-4H2. The van der Waals surface area contributed by atoms with E-state index in [0.29, 0.717) is 0 Å². The van der Waals surface area contributed by atoms with E-state index in [1.54, 1.807) is 0 Å². The number of ether oxygens (including phenoxy) is 1. The average molecular weight is 467 g/mol. The van der Waals surface area contributed by atoms with Gasteiger partial charge < -0.3 is 0 Å². The largest absolute Gasteiger partial charge is 0.433 e. The maximum atomic E-state index is 14.1. The van der Waals surface area contributed by atoms with Crippen molar-refractivity contribution in [3.63, 3.8) is 0 Å². The number of nitrogens with zero attached hydrogens (tertiary/aromatic N) is 1. The molecule has 0 atom stereocenters. The molecule has 1 saturated heterocycles. The molecule has 0 radical (unpaired) electrons. The van der Waals surface area contributed by atoms with Crippen molar-refractivity contribution in [3.05, 3.63) is 11.9 Å². The molecule has 17 heteroatoms. The van der Waals surface area contributed by atoms with Crippen LogP contribution in [0.15, 0.2) is 11.9 Å². The van der Waals surface area contributed by atoms with E-state index >= 15 is 0 Å². The zero-order valence-electron chi connectivity index (χ0n) is 13.4. The Kier molecular flexibility index (Phi) is 6.53. The van der Waals surface area contributed by atoms with Crippen LogP contribution in [0.2, 0.25) is 0 Å². The van der Waals surface area contributed by atoms with Crippen molar-refractivity contribution in [2.75, 3.05) is 13.1 Å². The summed E-state index contributed by atoms with van der Waals surface area (Å²) in [6, 6.07) is -6.40. The van der Waals surface area contributed by atoms with E-state index in [1.807, 2.05) is 4.74 Å².